The second-order valence-corrected chi connectivity index (χ2v) is 13.5. The van der Waals surface area contributed by atoms with Gasteiger partial charge >= 0.3 is 41.8 Å². The van der Waals surface area contributed by atoms with E-state index in [9.17, 15) is 47.9 Å². The van der Waals surface area contributed by atoms with Crippen LogP contribution < -0.4 is 0 Å². The van der Waals surface area contributed by atoms with Crippen molar-refractivity contribution in [1.82, 2.24) is 0 Å². The Morgan fingerprint density at radius 1 is 0.667 bits per heavy atom. The van der Waals surface area contributed by atoms with E-state index in [-0.39, 0.29) is 10.8 Å². The van der Waals surface area contributed by atoms with E-state index in [1.165, 1.54) is 0 Å². The van der Waals surface area contributed by atoms with E-state index in [2.05, 4.69) is 11.7 Å². The van der Waals surface area contributed by atoms with Crippen LogP contribution in [0.3, 0.4) is 0 Å². The number of hydrogen-bond acceptors (Lipinski definition) is 22. The first-order valence-corrected chi connectivity index (χ1v) is 17.8. The predicted octanol–water partition coefficient (Wildman–Crippen LogP) is 0.0617. The van der Waals surface area contributed by atoms with Gasteiger partial charge in [0.05, 0.1) is 6.61 Å². The Kier molecular flexibility index (Phi) is 15.8. The van der Waals surface area contributed by atoms with Crippen molar-refractivity contribution >= 4 is 81.6 Å². The molecular formula is C32H42O20S2. The number of esters is 7. The predicted molar refractivity (Wildman–Crippen MR) is 179 cm³/mol. The number of hydrogen-bond donors (Lipinski definition) is 1. The summed E-state index contributed by atoms with van der Waals surface area (Å²) in [5, 5.41) is 0. The molecule has 54 heavy (non-hydrogen) atoms. The minimum atomic E-state index is -3.26. The molecule has 2 rings (SSSR count). The van der Waals surface area contributed by atoms with Gasteiger partial charge in [-0.25, -0.2) is 0 Å². The normalized spacial score (nSPS) is 31.0. The van der Waals surface area contributed by atoms with Gasteiger partial charge < -0.3 is 47.4 Å². The summed E-state index contributed by atoms with van der Waals surface area (Å²) in [4.78, 5) is 126. The van der Waals surface area contributed by atoms with Gasteiger partial charge in [-0.15, -0.1) is 11.7 Å². The first-order chi connectivity index (χ1) is 24.9. The average Bonchev–Trinajstić information content (AvgIpc) is 3.01. The smallest absolute Gasteiger partial charge is 0.303 e. The first-order valence-electron chi connectivity index (χ1n) is 15.9. The van der Waals surface area contributed by atoms with E-state index in [4.69, 9.17) is 47.4 Å². The highest BCUT2D eigenvalue weighted by Crippen LogP contribution is 2.58. The number of rotatable bonds is 15. The average molecular weight is 811 g/mol. The molecule has 2 fully saturated rings. The van der Waals surface area contributed by atoms with Crippen molar-refractivity contribution in [2.75, 3.05) is 13.2 Å². The number of Topliss-reactive ketones (excluding diaryl/α,β-unsaturated/α-hetero) is 3. The molecule has 2 saturated heterocycles. The Bertz CT molecular complexity index is 1550. The molecule has 0 radical (unpaired) electrons. The molecule has 2 aliphatic heterocycles. The van der Waals surface area contributed by atoms with E-state index in [0.29, 0.717) is 0 Å². The van der Waals surface area contributed by atoms with Crippen LogP contribution in [0.15, 0.2) is 0 Å². The maximum Gasteiger partial charge on any atom is 0.303 e. The molecule has 0 spiro atoms. The van der Waals surface area contributed by atoms with Gasteiger partial charge in [0, 0.05) is 48.5 Å². The Labute approximate surface area is 317 Å². The lowest BCUT2D eigenvalue weighted by molar-refractivity contribution is -0.367. The standard InChI is InChI=1S/C32H42O20S2/c1-13(33)24(45-17(5)37)28-32(54-53,31(15(3)35,51-22(10)42)30(12-44-28,14(2)34)50-21(9)41)52-29-27(48-20(8)40)26(47-19(7)39)25(46-18(6)38)23(49-29)11-43-16(4)36/h23-29,53H,11-12H2,1-10H3/t23-,24?,25-,26+,27-,28-,29+,30-,31-,32-/m1/s1. The number of thiol groups is 1. The largest absolute Gasteiger partial charge is 0.463 e. The minimum absolute atomic E-state index is 0.122. The molecule has 10 atom stereocenters. The van der Waals surface area contributed by atoms with Crippen molar-refractivity contribution in [3.8, 4) is 0 Å². The molecule has 302 valence electrons. The van der Waals surface area contributed by atoms with Gasteiger partial charge in [0.15, 0.2) is 41.8 Å². The molecule has 20 nitrogen and oxygen atoms in total. The van der Waals surface area contributed by atoms with Crippen molar-refractivity contribution in [1.29, 1.82) is 0 Å². The summed E-state index contributed by atoms with van der Waals surface area (Å²) in [6, 6.07) is 0. The summed E-state index contributed by atoms with van der Waals surface area (Å²) in [7, 11) is 0.122. The summed E-state index contributed by atoms with van der Waals surface area (Å²) in [6.45, 7) is 7.14. The molecule has 2 heterocycles. The fourth-order valence-electron chi connectivity index (χ4n) is 6.21. The Morgan fingerprint density at radius 3 is 1.59 bits per heavy atom. The number of carbonyl (C=O) groups is 10. The molecule has 0 aromatic rings. The van der Waals surface area contributed by atoms with Gasteiger partial charge in [0.1, 0.15) is 18.8 Å². The van der Waals surface area contributed by atoms with Gasteiger partial charge in [0.2, 0.25) is 16.8 Å². The Hall–Kier alpha value is -4.12. The van der Waals surface area contributed by atoms with E-state index >= 15 is 0 Å². The molecule has 22 heteroatoms. The maximum atomic E-state index is 14.3. The van der Waals surface area contributed by atoms with Crippen LogP contribution in [0.2, 0.25) is 0 Å². The van der Waals surface area contributed by atoms with E-state index in [1.807, 2.05) is 0 Å². The molecule has 2 aliphatic rings. The van der Waals surface area contributed by atoms with E-state index < -0.39 is 131 Å². The Morgan fingerprint density at radius 2 is 1.19 bits per heavy atom. The number of ether oxygens (including phenoxy) is 10. The molecule has 0 bridgehead atoms. The van der Waals surface area contributed by atoms with E-state index in [0.717, 1.165) is 69.2 Å². The van der Waals surface area contributed by atoms with Gasteiger partial charge in [-0.05, 0) is 20.8 Å². The van der Waals surface area contributed by atoms with Crippen molar-refractivity contribution in [3.05, 3.63) is 0 Å². The zero-order valence-corrected chi connectivity index (χ0v) is 32.7. The molecule has 0 saturated carbocycles. The van der Waals surface area contributed by atoms with Gasteiger partial charge in [-0.1, -0.05) is 10.8 Å². The Balaban J connectivity index is 3.25. The summed E-state index contributed by atoms with van der Waals surface area (Å²) in [5.41, 5.74) is -6.22. The molecule has 0 aromatic heterocycles. The molecule has 1 unspecified atom stereocenters. The maximum absolute atomic E-state index is 14.3. The van der Waals surface area contributed by atoms with Crippen molar-refractivity contribution in [3.63, 3.8) is 0 Å². The fraction of sp³-hybridized carbons (Fsp3) is 0.688. The number of carbonyl (C=O) groups excluding carboxylic acids is 10. The highest BCUT2D eigenvalue weighted by molar-refractivity contribution is 8.69. The van der Waals surface area contributed by atoms with E-state index in [1.54, 1.807) is 0 Å². The zero-order valence-electron chi connectivity index (χ0n) is 31.0. The first kappa shape index (κ1) is 46.0. The summed E-state index contributed by atoms with van der Waals surface area (Å²) < 4.78 is 56.5. The molecule has 0 aliphatic carbocycles. The SMILES string of the molecule is CC(=O)OC[C@H]1O[C@@H](O[C@@]2(SS)[C@@H](C(OC(C)=O)C(C)=O)OC[C@@](OC(C)=O)(C(C)=O)[C@]2(OC(C)=O)C(C)=O)[C@H](OC(C)=O)[C@@H](OC(C)=O)[C@@H]1OC(C)=O. The summed E-state index contributed by atoms with van der Waals surface area (Å²) >= 11 is 4.34. The van der Waals surface area contributed by atoms with Crippen LogP contribution in [0.4, 0.5) is 0 Å². The molecular weight excluding hydrogens is 768 g/mol. The monoisotopic (exact) mass is 810 g/mol. The second kappa shape index (κ2) is 18.5. The van der Waals surface area contributed by atoms with Crippen LogP contribution in [0, 0.1) is 0 Å². The molecule has 0 amide bonds. The van der Waals surface area contributed by atoms with Crippen LogP contribution in [0.25, 0.3) is 0 Å². The third-order valence-electron chi connectivity index (χ3n) is 7.92. The quantitative estimate of drug-likeness (QED) is 0.0753. The third-order valence-corrected chi connectivity index (χ3v) is 9.62. The molecule has 0 N–H and O–H groups in total. The van der Waals surface area contributed by atoms with Crippen molar-refractivity contribution < 1.29 is 95.3 Å². The van der Waals surface area contributed by atoms with Crippen LogP contribution in [0.1, 0.15) is 69.2 Å². The lowest BCUT2D eigenvalue weighted by Gasteiger charge is -2.60. The third kappa shape index (κ3) is 9.57. The fourth-order valence-corrected chi connectivity index (χ4v) is 7.95. The summed E-state index contributed by atoms with van der Waals surface area (Å²) in [5.74, 6) is -11.0. The second-order valence-electron chi connectivity index (χ2n) is 12.1. The molecule has 0 aromatic carbocycles. The van der Waals surface area contributed by atoms with Gasteiger partial charge in [-0.3, -0.25) is 47.9 Å². The van der Waals surface area contributed by atoms with Gasteiger partial charge in [0.25, 0.3) is 5.60 Å². The van der Waals surface area contributed by atoms with Crippen molar-refractivity contribution in [2.45, 2.75) is 128 Å². The van der Waals surface area contributed by atoms with Crippen molar-refractivity contribution in [2.24, 2.45) is 0 Å². The lowest BCUT2D eigenvalue weighted by Crippen LogP contribution is -2.85. The van der Waals surface area contributed by atoms with Crippen LogP contribution in [-0.2, 0) is 95.3 Å². The highest BCUT2D eigenvalue weighted by Gasteiger charge is 2.82. The zero-order chi connectivity index (χ0) is 41.5. The topological polar surface area (TPSA) is 263 Å². The van der Waals surface area contributed by atoms with Crippen LogP contribution in [-0.4, -0.2) is 131 Å². The number of ketones is 3. The van der Waals surface area contributed by atoms with Gasteiger partial charge in [-0.2, -0.15) is 0 Å². The highest BCUT2D eigenvalue weighted by atomic mass is 33.1. The lowest BCUT2D eigenvalue weighted by atomic mass is 9.68. The van der Waals surface area contributed by atoms with Crippen LogP contribution in [0.5, 0.6) is 0 Å². The van der Waals surface area contributed by atoms with Crippen LogP contribution >= 0.6 is 22.5 Å². The minimum Gasteiger partial charge on any atom is -0.463 e. The summed E-state index contributed by atoms with van der Waals surface area (Å²) in [6.07, 6.45) is -13.8.